The van der Waals surface area contributed by atoms with Crippen molar-refractivity contribution in [2.45, 2.75) is 12.8 Å². The van der Waals surface area contributed by atoms with Crippen LogP contribution in [0.2, 0.25) is 0 Å². The number of aromatic amines is 1. The molecular formula is C20H17N3O4. The molecule has 2 aromatic carbocycles. The number of carbonyl (C=O) groups excluding carboxylic acids is 2. The standard InChI is InChI=1S/C20H17N3O4/c1-10-8-21-20(25)18-17(10)13-6-11(2-4-14(13)23-18)19(24)22-12-3-5-15-16(7-12)27-9-26-15/h2-7,10,23H,8-9H2,1H3,(H,21,25)(H,22,24). The van der Waals surface area contributed by atoms with E-state index in [0.717, 1.165) is 16.5 Å². The fourth-order valence-electron chi connectivity index (χ4n) is 3.66. The van der Waals surface area contributed by atoms with Gasteiger partial charge in [0.25, 0.3) is 11.8 Å². The van der Waals surface area contributed by atoms with Crippen molar-refractivity contribution >= 4 is 28.4 Å². The lowest BCUT2D eigenvalue weighted by molar-refractivity contribution is 0.0936. The number of anilines is 1. The molecule has 3 N–H and O–H groups in total. The van der Waals surface area contributed by atoms with Gasteiger partial charge in [-0.2, -0.15) is 0 Å². The number of H-pyrrole nitrogens is 1. The first-order chi connectivity index (χ1) is 13.1. The van der Waals surface area contributed by atoms with Crippen LogP contribution in [-0.4, -0.2) is 30.1 Å². The van der Waals surface area contributed by atoms with E-state index in [1.54, 1.807) is 24.3 Å². The van der Waals surface area contributed by atoms with Crippen LogP contribution >= 0.6 is 0 Å². The Kier molecular flexibility index (Phi) is 3.36. The molecule has 2 aliphatic heterocycles. The van der Waals surface area contributed by atoms with Crippen molar-refractivity contribution < 1.29 is 19.1 Å². The highest BCUT2D eigenvalue weighted by molar-refractivity contribution is 6.08. The predicted octanol–water partition coefficient (Wildman–Crippen LogP) is 3.00. The zero-order chi connectivity index (χ0) is 18.5. The number of amides is 2. The number of rotatable bonds is 2. The van der Waals surface area contributed by atoms with Crippen LogP contribution < -0.4 is 20.1 Å². The van der Waals surface area contributed by atoms with Gasteiger partial charge in [-0.15, -0.1) is 0 Å². The predicted molar refractivity (Wildman–Crippen MR) is 99.6 cm³/mol. The molecule has 0 saturated heterocycles. The lowest BCUT2D eigenvalue weighted by Gasteiger charge is -2.19. The maximum atomic E-state index is 12.7. The van der Waals surface area contributed by atoms with Gasteiger partial charge in [0, 0.05) is 40.7 Å². The summed E-state index contributed by atoms with van der Waals surface area (Å²) >= 11 is 0. The summed E-state index contributed by atoms with van der Waals surface area (Å²) in [5.41, 5.74) is 3.56. The van der Waals surface area contributed by atoms with Gasteiger partial charge in [-0.1, -0.05) is 6.92 Å². The number of nitrogens with one attached hydrogen (secondary N) is 3. The molecule has 1 atom stereocenters. The molecule has 7 heteroatoms. The molecule has 3 heterocycles. The van der Waals surface area contributed by atoms with Gasteiger partial charge in [-0.05, 0) is 35.9 Å². The smallest absolute Gasteiger partial charge is 0.268 e. The second-order valence-electron chi connectivity index (χ2n) is 6.81. The molecule has 27 heavy (non-hydrogen) atoms. The summed E-state index contributed by atoms with van der Waals surface area (Å²) < 4.78 is 10.6. The monoisotopic (exact) mass is 363 g/mol. The highest BCUT2D eigenvalue weighted by atomic mass is 16.7. The highest BCUT2D eigenvalue weighted by Crippen LogP contribution is 2.35. The molecule has 0 bridgehead atoms. The number of carbonyl (C=O) groups is 2. The molecule has 1 unspecified atom stereocenters. The number of ether oxygens (including phenoxy) is 2. The molecule has 5 rings (SSSR count). The maximum absolute atomic E-state index is 12.7. The first-order valence-electron chi connectivity index (χ1n) is 8.75. The van der Waals surface area contributed by atoms with Crippen molar-refractivity contribution in [2.24, 2.45) is 0 Å². The Balaban J connectivity index is 1.49. The van der Waals surface area contributed by atoms with Gasteiger partial charge in [-0.3, -0.25) is 9.59 Å². The van der Waals surface area contributed by atoms with Crippen LogP contribution in [0.25, 0.3) is 10.9 Å². The number of benzene rings is 2. The van der Waals surface area contributed by atoms with Crippen LogP contribution in [0.4, 0.5) is 5.69 Å². The molecule has 7 nitrogen and oxygen atoms in total. The Bertz CT molecular complexity index is 1100. The van der Waals surface area contributed by atoms with Gasteiger partial charge >= 0.3 is 0 Å². The minimum atomic E-state index is -0.223. The molecule has 2 amide bonds. The normalized spacial score (nSPS) is 17.5. The largest absolute Gasteiger partial charge is 0.454 e. The second-order valence-corrected chi connectivity index (χ2v) is 6.81. The number of hydrogen-bond acceptors (Lipinski definition) is 4. The summed E-state index contributed by atoms with van der Waals surface area (Å²) in [6.45, 7) is 2.84. The van der Waals surface area contributed by atoms with Crippen LogP contribution in [-0.2, 0) is 0 Å². The van der Waals surface area contributed by atoms with Crippen molar-refractivity contribution in [3.05, 3.63) is 53.2 Å². The molecule has 136 valence electrons. The Morgan fingerprint density at radius 2 is 2.00 bits per heavy atom. The third-order valence-electron chi connectivity index (χ3n) is 5.02. The van der Waals surface area contributed by atoms with Crippen molar-refractivity contribution in [3.63, 3.8) is 0 Å². The quantitative estimate of drug-likeness (QED) is 0.653. The molecular weight excluding hydrogens is 346 g/mol. The first-order valence-corrected chi connectivity index (χ1v) is 8.75. The topological polar surface area (TPSA) is 92.5 Å². The molecule has 0 radical (unpaired) electrons. The number of aromatic nitrogens is 1. The van der Waals surface area contributed by atoms with Crippen molar-refractivity contribution in [1.29, 1.82) is 0 Å². The fourth-order valence-corrected chi connectivity index (χ4v) is 3.66. The van der Waals surface area contributed by atoms with E-state index in [4.69, 9.17) is 9.47 Å². The summed E-state index contributed by atoms with van der Waals surface area (Å²) in [6.07, 6.45) is 0. The van der Waals surface area contributed by atoms with Gasteiger partial charge in [0.05, 0.1) is 0 Å². The number of fused-ring (bicyclic) bond motifs is 4. The summed E-state index contributed by atoms with van der Waals surface area (Å²) in [5, 5.41) is 6.66. The van der Waals surface area contributed by atoms with Gasteiger partial charge < -0.3 is 25.1 Å². The summed E-state index contributed by atoms with van der Waals surface area (Å²) in [4.78, 5) is 28.0. The minimum absolute atomic E-state index is 0.106. The molecule has 0 fully saturated rings. The average molecular weight is 363 g/mol. The fraction of sp³-hybridized carbons (Fsp3) is 0.200. The lowest BCUT2D eigenvalue weighted by atomic mass is 9.93. The zero-order valence-corrected chi connectivity index (χ0v) is 14.6. The summed E-state index contributed by atoms with van der Waals surface area (Å²) in [6, 6.07) is 10.7. The molecule has 0 aliphatic carbocycles. The van der Waals surface area contributed by atoms with E-state index < -0.39 is 0 Å². The summed E-state index contributed by atoms with van der Waals surface area (Å²) in [5.74, 6) is 1.13. The van der Waals surface area contributed by atoms with Crippen molar-refractivity contribution in [2.75, 3.05) is 18.7 Å². The van der Waals surface area contributed by atoms with E-state index in [9.17, 15) is 9.59 Å². The third-order valence-corrected chi connectivity index (χ3v) is 5.02. The van der Waals surface area contributed by atoms with E-state index in [2.05, 4.69) is 22.5 Å². The molecule has 2 aliphatic rings. The Labute approximate surface area is 154 Å². The van der Waals surface area contributed by atoms with Crippen LogP contribution in [0.3, 0.4) is 0 Å². The lowest BCUT2D eigenvalue weighted by Crippen LogP contribution is -2.33. The first kappa shape index (κ1) is 15.7. The van der Waals surface area contributed by atoms with Crippen LogP contribution in [0.5, 0.6) is 11.5 Å². The van der Waals surface area contributed by atoms with Crippen LogP contribution in [0, 0.1) is 0 Å². The zero-order valence-electron chi connectivity index (χ0n) is 14.6. The molecule has 0 spiro atoms. The van der Waals surface area contributed by atoms with Gasteiger partial charge in [0.2, 0.25) is 6.79 Å². The molecule has 0 saturated carbocycles. The highest BCUT2D eigenvalue weighted by Gasteiger charge is 2.27. The van der Waals surface area contributed by atoms with Crippen LogP contribution in [0.1, 0.15) is 39.3 Å². The average Bonchev–Trinajstić information content (AvgIpc) is 3.28. The van der Waals surface area contributed by atoms with Crippen molar-refractivity contribution in [3.8, 4) is 11.5 Å². The van der Waals surface area contributed by atoms with Crippen molar-refractivity contribution in [1.82, 2.24) is 10.3 Å². The number of hydrogen-bond donors (Lipinski definition) is 3. The molecule has 1 aromatic heterocycles. The van der Waals surface area contributed by atoms with E-state index in [-0.39, 0.29) is 24.5 Å². The second kappa shape index (κ2) is 5.77. The SMILES string of the molecule is CC1CNC(=O)c2[nH]c3ccc(C(=O)Nc4ccc5c(c4)OCO5)cc3c21. The van der Waals surface area contributed by atoms with Gasteiger partial charge in [0.1, 0.15) is 5.69 Å². The van der Waals surface area contributed by atoms with E-state index in [0.29, 0.717) is 35.0 Å². The Morgan fingerprint density at radius 1 is 1.15 bits per heavy atom. The third kappa shape index (κ3) is 2.51. The minimum Gasteiger partial charge on any atom is -0.454 e. The summed E-state index contributed by atoms with van der Waals surface area (Å²) in [7, 11) is 0. The van der Waals surface area contributed by atoms with E-state index >= 15 is 0 Å². The van der Waals surface area contributed by atoms with Crippen LogP contribution in [0.15, 0.2) is 36.4 Å². The molecule has 3 aromatic rings. The Morgan fingerprint density at radius 3 is 2.89 bits per heavy atom. The van der Waals surface area contributed by atoms with Gasteiger partial charge in [-0.25, -0.2) is 0 Å². The van der Waals surface area contributed by atoms with E-state index in [1.165, 1.54) is 0 Å². The van der Waals surface area contributed by atoms with E-state index in [1.807, 2.05) is 12.1 Å². The van der Waals surface area contributed by atoms with Gasteiger partial charge in [0.15, 0.2) is 11.5 Å². The maximum Gasteiger partial charge on any atom is 0.268 e. The Hall–Kier alpha value is -3.48.